The van der Waals surface area contributed by atoms with Gasteiger partial charge in [-0.3, -0.25) is 14.9 Å². The van der Waals surface area contributed by atoms with Crippen LogP contribution in [0.3, 0.4) is 0 Å². The molecule has 0 aliphatic carbocycles. The highest BCUT2D eigenvalue weighted by atomic mass is 16.6. The molecule has 1 rings (SSSR count). The van der Waals surface area contributed by atoms with Crippen molar-refractivity contribution < 1.29 is 19.6 Å². The number of nitrogens with zero attached hydrogens (tertiary/aromatic N) is 1. The summed E-state index contributed by atoms with van der Waals surface area (Å²) in [5, 5.41) is 24.8. The molecule has 8 heteroatoms. The van der Waals surface area contributed by atoms with E-state index in [4.69, 9.17) is 11.5 Å². The Hall–Kier alpha value is -3.08. The minimum atomic E-state index is -1.24. The van der Waals surface area contributed by atoms with E-state index in [-0.39, 0.29) is 23.4 Å². The van der Waals surface area contributed by atoms with Crippen molar-refractivity contribution in [3.05, 3.63) is 33.9 Å². The van der Waals surface area contributed by atoms with Crippen molar-refractivity contribution in [2.24, 2.45) is 0 Å². The smallest absolute Gasteiger partial charge is 0.327 e. The second kappa shape index (κ2) is 6.91. The fourth-order valence-corrected chi connectivity index (χ4v) is 1.60. The number of benzene rings is 1. The Balaban J connectivity index is 3.23. The summed E-state index contributed by atoms with van der Waals surface area (Å²) in [4.78, 5) is 32.9. The number of hydrogen-bond acceptors (Lipinski definition) is 5. The van der Waals surface area contributed by atoms with E-state index >= 15 is 0 Å². The van der Waals surface area contributed by atoms with Gasteiger partial charge in [0.25, 0.3) is 11.6 Å². The van der Waals surface area contributed by atoms with Gasteiger partial charge in [0, 0.05) is 25.1 Å². The molecule has 1 unspecified atom stereocenters. The number of anilines is 1. The number of nitro benzene ring substituents is 1. The third-order valence-electron chi connectivity index (χ3n) is 2.63. The lowest BCUT2D eigenvalue weighted by atomic mass is 10.1. The summed E-state index contributed by atoms with van der Waals surface area (Å²) in [6, 6.07) is 2.43. The van der Waals surface area contributed by atoms with Crippen LogP contribution in [0, 0.1) is 22.5 Å². The van der Waals surface area contributed by atoms with E-state index < -0.39 is 22.8 Å². The molecule has 0 fully saturated rings. The predicted molar refractivity (Wildman–Crippen MR) is 75.0 cm³/mol. The third-order valence-corrected chi connectivity index (χ3v) is 2.63. The fraction of sp³-hybridized carbons (Fsp3) is 0.231. The van der Waals surface area contributed by atoms with E-state index in [9.17, 15) is 19.7 Å². The number of aliphatic carboxylic acids is 1. The maximum absolute atomic E-state index is 11.5. The first kappa shape index (κ1) is 16.0. The fourth-order valence-electron chi connectivity index (χ4n) is 1.60. The van der Waals surface area contributed by atoms with Crippen LogP contribution in [-0.2, 0) is 4.79 Å². The summed E-state index contributed by atoms with van der Waals surface area (Å²) in [6.45, 7) is 0. The minimum Gasteiger partial charge on any atom is -0.480 e. The molecule has 0 spiro atoms. The van der Waals surface area contributed by atoms with Crippen LogP contribution in [0.4, 0.5) is 11.4 Å². The number of nitrogens with one attached hydrogen (secondary N) is 2. The van der Waals surface area contributed by atoms with E-state index in [1.54, 1.807) is 0 Å². The molecule has 0 aliphatic rings. The molecular formula is C13H13N3O5. The summed E-state index contributed by atoms with van der Waals surface area (Å²) in [6.07, 6.45) is 4.91. The molecule has 0 radical (unpaired) electrons. The summed E-state index contributed by atoms with van der Waals surface area (Å²) < 4.78 is 0. The number of carbonyl (C=O) groups excluding carboxylic acids is 1. The lowest BCUT2D eigenvalue weighted by Crippen LogP contribution is -2.29. The highest BCUT2D eigenvalue weighted by molar-refractivity contribution is 5.96. The van der Waals surface area contributed by atoms with Gasteiger partial charge in [-0.1, -0.05) is 0 Å². The Morgan fingerprint density at radius 3 is 2.67 bits per heavy atom. The van der Waals surface area contributed by atoms with Gasteiger partial charge in [0.1, 0.15) is 11.7 Å². The van der Waals surface area contributed by atoms with Crippen LogP contribution in [-0.4, -0.2) is 35.0 Å². The van der Waals surface area contributed by atoms with Crippen LogP contribution < -0.4 is 10.6 Å². The molecule has 0 saturated heterocycles. The van der Waals surface area contributed by atoms with Gasteiger partial charge in [-0.25, -0.2) is 4.79 Å². The van der Waals surface area contributed by atoms with Crippen molar-refractivity contribution in [1.29, 1.82) is 0 Å². The first-order chi connectivity index (χ1) is 9.90. The maximum Gasteiger partial charge on any atom is 0.327 e. The van der Waals surface area contributed by atoms with Gasteiger partial charge >= 0.3 is 5.97 Å². The van der Waals surface area contributed by atoms with Crippen LogP contribution in [0.5, 0.6) is 0 Å². The lowest BCUT2D eigenvalue weighted by molar-refractivity contribution is -0.384. The molecule has 21 heavy (non-hydrogen) atoms. The molecule has 3 N–H and O–H groups in total. The average Bonchev–Trinajstić information content (AvgIpc) is 2.45. The number of carboxylic acid groups (broad SMARTS) is 1. The first-order valence-electron chi connectivity index (χ1n) is 5.84. The summed E-state index contributed by atoms with van der Waals surface area (Å²) in [5.74, 6) is 0.484. The maximum atomic E-state index is 11.5. The molecule has 110 valence electrons. The van der Waals surface area contributed by atoms with E-state index in [0.29, 0.717) is 0 Å². The number of nitro groups is 1. The van der Waals surface area contributed by atoms with Crippen molar-refractivity contribution in [3.63, 3.8) is 0 Å². The van der Waals surface area contributed by atoms with Gasteiger partial charge in [0.15, 0.2) is 0 Å². The van der Waals surface area contributed by atoms with Gasteiger partial charge in [-0.05, 0) is 12.1 Å². The largest absolute Gasteiger partial charge is 0.480 e. The molecule has 8 nitrogen and oxygen atoms in total. The molecular weight excluding hydrogens is 278 g/mol. The highest BCUT2D eigenvalue weighted by Gasteiger charge is 2.22. The number of rotatable bonds is 6. The number of hydrogen-bond donors (Lipinski definition) is 3. The summed E-state index contributed by atoms with van der Waals surface area (Å²) >= 11 is 0. The second-order valence-electron chi connectivity index (χ2n) is 4.01. The van der Waals surface area contributed by atoms with Crippen molar-refractivity contribution >= 4 is 23.3 Å². The molecule has 1 aromatic carbocycles. The first-order valence-corrected chi connectivity index (χ1v) is 5.84. The minimum absolute atomic E-state index is 0.0799. The number of terminal acetylenes is 1. The standard InChI is InChI=1S/C13H13N3O5/c1-3-4-9(13(18)19)15-10-7-8(12(17)14-2)5-6-11(10)16(20)21/h1,5-7,9,15H,4H2,2H3,(H,14,17)(H,18,19). The third kappa shape index (κ3) is 3.94. The van der Waals surface area contributed by atoms with Crippen LogP contribution in [0.15, 0.2) is 18.2 Å². The molecule has 1 aromatic rings. The Bertz CT molecular complexity index is 621. The Labute approximate surface area is 120 Å². The quantitative estimate of drug-likeness (QED) is 0.405. The predicted octanol–water partition coefficient (Wildman–Crippen LogP) is 0.843. The van der Waals surface area contributed by atoms with E-state index in [2.05, 4.69) is 16.6 Å². The van der Waals surface area contributed by atoms with Gasteiger partial charge < -0.3 is 15.7 Å². The molecule has 0 aromatic heterocycles. The Morgan fingerprint density at radius 2 is 2.19 bits per heavy atom. The van der Waals surface area contributed by atoms with Crippen molar-refractivity contribution in [3.8, 4) is 12.3 Å². The molecule has 0 heterocycles. The van der Waals surface area contributed by atoms with Crippen molar-refractivity contribution in [2.75, 3.05) is 12.4 Å². The average molecular weight is 291 g/mol. The molecule has 0 saturated carbocycles. The van der Waals surface area contributed by atoms with Gasteiger partial charge in [-0.15, -0.1) is 12.3 Å². The van der Waals surface area contributed by atoms with Gasteiger partial charge in [0.05, 0.1) is 4.92 Å². The van der Waals surface area contributed by atoms with Crippen LogP contribution in [0.2, 0.25) is 0 Å². The van der Waals surface area contributed by atoms with Crippen molar-refractivity contribution in [1.82, 2.24) is 5.32 Å². The van der Waals surface area contributed by atoms with Crippen molar-refractivity contribution in [2.45, 2.75) is 12.5 Å². The van der Waals surface area contributed by atoms with E-state index in [1.807, 2.05) is 0 Å². The highest BCUT2D eigenvalue weighted by Crippen LogP contribution is 2.26. The van der Waals surface area contributed by atoms with Gasteiger partial charge in [0.2, 0.25) is 0 Å². The van der Waals surface area contributed by atoms with Crippen LogP contribution >= 0.6 is 0 Å². The molecule has 0 aliphatic heterocycles. The Morgan fingerprint density at radius 1 is 1.52 bits per heavy atom. The zero-order valence-electron chi connectivity index (χ0n) is 11.1. The van der Waals surface area contributed by atoms with Crippen LogP contribution in [0.25, 0.3) is 0 Å². The zero-order chi connectivity index (χ0) is 16.0. The SMILES string of the molecule is C#CCC(Nc1cc(C(=O)NC)ccc1[N+](=O)[O-])C(=O)O. The number of amides is 1. The normalized spacial score (nSPS) is 11.0. The summed E-state index contributed by atoms with van der Waals surface area (Å²) in [5.41, 5.74) is -0.259. The number of carbonyl (C=O) groups is 2. The monoisotopic (exact) mass is 291 g/mol. The number of carboxylic acids is 1. The van der Waals surface area contributed by atoms with Gasteiger partial charge in [-0.2, -0.15) is 0 Å². The molecule has 1 atom stereocenters. The Kier molecular flexibility index (Phi) is 5.25. The van der Waals surface area contributed by atoms with Crippen LogP contribution in [0.1, 0.15) is 16.8 Å². The molecule has 1 amide bonds. The second-order valence-corrected chi connectivity index (χ2v) is 4.01. The van der Waals surface area contributed by atoms with E-state index in [1.165, 1.54) is 19.2 Å². The molecule has 0 bridgehead atoms. The zero-order valence-corrected chi connectivity index (χ0v) is 11.1. The van der Waals surface area contributed by atoms with E-state index in [0.717, 1.165) is 6.07 Å². The lowest BCUT2D eigenvalue weighted by Gasteiger charge is -2.14. The topological polar surface area (TPSA) is 122 Å². The summed E-state index contributed by atoms with van der Waals surface area (Å²) in [7, 11) is 1.41.